The Labute approximate surface area is 177 Å². The van der Waals surface area contributed by atoms with Gasteiger partial charge in [-0.05, 0) is 75.3 Å². The Morgan fingerprint density at radius 2 is 1.93 bits per heavy atom. The van der Waals surface area contributed by atoms with E-state index in [0.717, 1.165) is 24.0 Å². The molecule has 29 heavy (non-hydrogen) atoms. The molecule has 0 spiro atoms. The molecule has 0 radical (unpaired) electrons. The molecule has 2 aliphatic rings. The molecule has 2 aromatic rings. The van der Waals surface area contributed by atoms with Gasteiger partial charge in [-0.3, -0.25) is 0 Å². The Kier molecular flexibility index (Phi) is 4.94. The summed E-state index contributed by atoms with van der Waals surface area (Å²) in [7, 11) is 0. The van der Waals surface area contributed by atoms with Crippen LogP contribution in [0.3, 0.4) is 0 Å². The number of halogens is 1. The van der Waals surface area contributed by atoms with E-state index in [9.17, 15) is 4.79 Å². The van der Waals surface area contributed by atoms with Crippen LogP contribution in [-0.2, 0) is 24.1 Å². The molecule has 0 fully saturated rings. The molecule has 1 aromatic heterocycles. The van der Waals surface area contributed by atoms with Gasteiger partial charge in [0.15, 0.2) is 0 Å². The van der Waals surface area contributed by atoms with Crippen molar-refractivity contribution >= 4 is 23.3 Å². The fourth-order valence-corrected chi connectivity index (χ4v) is 4.49. The number of benzene rings is 1. The monoisotopic (exact) mass is 410 g/mol. The standard InChI is InChI=1S/C24H27ClN2O2/c1-14-11-19-21(15(14)2)20(12-26-22(19)25)18-8-6-7-16-13-27(10-9-17(16)18)23(28)29-24(3,4)5/h6-8,12H,9-11,13H2,1-5H3. The average Bonchev–Trinajstić information content (AvgIpc) is 2.96. The lowest BCUT2D eigenvalue weighted by Crippen LogP contribution is -2.40. The van der Waals surface area contributed by atoms with Gasteiger partial charge in [0.2, 0.25) is 0 Å². The molecule has 1 aromatic carbocycles. The number of ether oxygens (including phenoxy) is 1. The van der Waals surface area contributed by atoms with E-state index in [1.165, 1.54) is 33.4 Å². The van der Waals surface area contributed by atoms with Crippen molar-refractivity contribution < 1.29 is 9.53 Å². The van der Waals surface area contributed by atoms with Gasteiger partial charge in [0.05, 0.1) is 0 Å². The zero-order valence-corrected chi connectivity index (χ0v) is 18.5. The molecule has 152 valence electrons. The molecule has 4 rings (SSSR count). The van der Waals surface area contributed by atoms with Crippen molar-refractivity contribution in [2.45, 2.75) is 59.6 Å². The number of fused-ring (bicyclic) bond motifs is 2. The van der Waals surface area contributed by atoms with Gasteiger partial charge in [-0.15, -0.1) is 0 Å². The third-order valence-corrected chi connectivity index (χ3v) is 6.12. The number of rotatable bonds is 1. The van der Waals surface area contributed by atoms with Crippen LogP contribution >= 0.6 is 11.6 Å². The zero-order valence-electron chi connectivity index (χ0n) is 17.7. The molecule has 1 aliphatic heterocycles. The minimum absolute atomic E-state index is 0.253. The number of allylic oxidation sites excluding steroid dienone is 2. The van der Waals surface area contributed by atoms with Gasteiger partial charge in [0.25, 0.3) is 0 Å². The van der Waals surface area contributed by atoms with Gasteiger partial charge >= 0.3 is 6.09 Å². The summed E-state index contributed by atoms with van der Waals surface area (Å²) in [4.78, 5) is 18.8. The highest BCUT2D eigenvalue weighted by Gasteiger charge is 2.29. The Morgan fingerprint density at radius 3 is 2.66 bits per heavy atom. The van der Waals surface area contributed by atoms with Crippen LogP contribution in [0.25, 0.3) is 16.7 Å². The summed E-state index contributed by atoms with van der Waals surface area (Å²) in [5, 5.41) is 0.598. The van der Waals surface area contributed by atoms with Crippen molar-refractivity contribution in [3.05, 3.63) is 57.4 Å². The van der Waals surface area contributed by atoms with Crippen LogP contribution in [0.4, 0.5) is 4.79 Å². The summed E-state index contributed by atoms with van der Waals surface area (Å²) in [6.07, 6.45) is 3.31. The number of nitrogens with zero attached hydrogens (tertiary/aromatic N) is 2. The van der Waals surface area contributed by atoms with Gasteiger partial charge in [-0.1, -0.05) is 35.4 Å². The van der Waals surface area contributed by atoms with Gasteiger partial charge in [0, 0.05) is 30.4 Å². The second-order valence-corrected chi connectivity index (χ2v) is 9.35. The van der Waals surface area contributed by atoms with E-state index in [1.54, 1.807) is 4.90 Å². The molecule has 0 saturated carbocycles. The first-order chi connectivity index (χ1) is 13.7. The Bertz CT molecular complexity index is 1030. The summed E-state index contributed by atoms with van der Waals surface area (Å²) in [6.45, 7) is 11.2. The first kappa shape index (κ1) is 20.0. The summed E-state index contributed by atoms with van der Waals surface area (Å²) >= 11 is 6.41. The minimum atomic E-state index is -0.490. The fraction of sp³-hybridized carbons (Fsp3) is 0.417. The van der Waals surface area contributed by atoms with Crippen molar-refractivity contribution in [1.29, 1.82) is 0 Å². The predicted octanol–water partition coefficient (Wildman–Crippen LogP) is 6.04. The molecular formula is C24H27ClN2O2. The number of hydrogen-bond donors (Lipinski definition) is 0. The van der Waals surface area contributed by atoms with Gasteiger partial charge < -0.3 is 9.64 Å². The fourth-order valence-electron chi connectivity index (χ4n) is 4.28. The van der Waals surface area contributed by atoms with Crippen molar-refractivity contribution in [3.8, 4) is 11.1 Å². The second-order valence-electron chi connectivity index (χ2n) is 8.99. The van der Waals surface area contributed by atoms with Crippen LogP contribution in [-0.4, -0.2) is 28.1 Å². The number of pyridine rings is 1. The highest BCUT2D eigenvalue weighted by Crippen LogP contribution is 2.43. The van der Waals surface area contributed by atoms with Crippen LogP contribution in [0.5, 0.6) is 0 Å². The number of hydrogen-bond acceptors (Lipinski definition) is 3. The molecule has 0 saturated heterocycles. The highest BCUT2D eigenvalue weighted by molar-refractivity contribution is 6.30. The van der Waals surface area contributed by atoms with E-state index in [0.29, 0.717) is 18.2 Å². The summed E-state index contributed by atoms with van der Waals surface area (Å²) < 4.78 is 5.56. The van der Waals surface area contributed by atoms with E-state index in [-0.39, 0.29) is 6.09 Å². The van der Waals surface area contributed by atoms with Crippen LogP contribution in [0.15, 0.2) is 30.0 Å². The Balaban J connectivity index is 1.72. The molecule has 1 aliphatic carbocycles. The summed E-state index contributed by atoms with van der Waals surface area (Å²) in [5.74, 6) is 0. The molecule has 0 unspecified atom stereocenters. The average molecular weight is 411 g/mol. The third-order valence-electron chi connectivity index (χ3n) is 5.79. The van der Waals surface area contributed by atoms with Crippen LogP contribution in [0.2, 0.25) is 5.15 Å². The van der Waals surface area contributed by atoms with Crippen LogP contribution in [0.1, 0.15) is 56.9 Å². The lowest BCUT2D eigenvalue weighted by atomic mass is 9.88. The first-order valence-corrected chi connectivity index (χ1v) is 10.5. The van der Waals surface area contributed by atoms with E-state index in [4.69, 9.17) is 16.3 Å². The molecule has 5 heteroatoms. The van der Waals surface area contributed by atoms with Gasteiger partial charge in [0.1, 0.15) is 10.8 Å². The molecule has 2 heterocycles. The number of amides is 1. The molecule has 4 nitrogen and oxygen atoms in total. The molecular weight excluding hydrogens is 384 g/mol. The molecule has 0 atom stereocenters. The van der Waals surface area contributed by atoms with Crippen molar-refractivity contribution in [2.75, 3.05) is 6.54 Å². The quantitative estimate of drug-likeness (QED) is 0.538. The van der Waals surface area contributed by atoms with E-state index < -0.39 is 5.60 Å². The van der Waals surface area contributed by atoms with Crippen LogP contribution in [0, 0.1) is 0 Å². The van der Waals surface area contributed by atoms with E-state index in [1.807, 2.05) is 27.0 Å². The lowest BCUT2D eigenvalue weighted by molar-refractivity contribution is 0.0224. The van der Waals surface area contributed by atoms with Gasteiger partial charge in [-0.2, -0.15) is 0 Å². The molecule has 1 amide bonds. The van der Waals surface area contributed by atoms with E-state index in [2.05, 4.69) is 37.0 Å². The third kappa shape index (κ3) is 3.66. The number of carbonyl (C=O) groups is 1. The molecule has 0 bridgehead atoms. The minimum Gasteiger partial charge on any atom is -0.444 e. The normalized spacial score (nSPS) is 16.0. The van der Waals surface area contributed by atoms with E-state index >= 15 is 0 Å². The van der Waals surface area contributed by atoms with Crippen LogP contribution < -0.4 is 0 Å². The lowest BCUT2D eigenvalue weighted by Gasteiger charge is -2.32. The maximum absolute atomic E-state index is 12.5. The maximum atomic E-state index is 12.5. The summed E-state index contributed by atoms with van der Waals surface area (Å²) in [5.41, 5.74) is 9.29. The second kappa shape index (κ2) is 7.17. The SMILES string of the molecule is CC1=C(C)c2c(-c3cccc4c3CCN(C(=O)OC(C)(C)C)C4)cnc(Cl)c2C1. The first-order valence-electron chi connectivity index (χ1n) is 10.1. The van der Waals surface area contributed by atoms with Crippen molar-refractivity contribution in [2.24, 2.45) is 0 Å². The summed E-state index contributed by atoms with van der Waals surface area (Å²) in [6, 6.07) is 6.33. The Hall–Kier alpha value is -2.33. The largest absolute Gasteiger partial charge is 0.444 e. The number of carbonyl (C=O) groups excluding carboxylic acids is 1. The predicted molar refractivity (Wildman–Crippen MR) is 117 cm³/mol. The highest BCUT2D eigenvalue weighted by atomic mass is 35.5. The smallest absolute Gasteiger partial charge is 0.410 e. The van der Waals surface area contributed by atoms with Crippen molar-refractivity contribution in [3.63, 3.8) is 0 Å². The number of aromatic nitrogens is 1. The Morgan fingerprint density at radius 1 is 1.17 bits per heavy atom. The van der Waals surface area contributed by atoms with Crippen molar-refractivity contribution in [1.82, 2.24) is 9.88 Å². The molecule has 0 N–H and O–H groups in total. The maximum Gasteiger partial charge on any atom is 0.410 e. The topological polar surface area (TPSA) is 42.4 Å². The van der Waals surface area contributed by atoms with Gasteiger partial charge in [-0.25, -0.2) is 9.78 Å². The zero-order chi connectivity index (χ0) is 20.9.